The molecule has 0 aliphatic heterocycles. The molecule has 126 valence electrons. The number of ether oxygens (including phenoxy) is 1. The molecule has 0 amide bonds. The van der Waals surface area contributed by atoms with Gasteiger partial charge in [0, 0.05) is 6.54 Å². The standard InChI is InChI=1S/C20H24N2O2/c1-3-18(23)20-21-16-10-5-6-11-17(16)22(20)13-8-14-24-19-12-7-4-9-15(19)2/h4-7,9-12,18,23H,3,8,13-14H2,1-2H3/t18-/m1/s1. The molecule has 4 heteroatoms. The lowest BCUT2D eigenvalue weighted by molar-refractivity contribution is 0.158. The summed E-state index contributed by atoms with van der Waals surface area (Å²) in [6.45, 7) is 5.43. The second-order valence-electron chi connectivity index (χ2n) is 6.00. The highest BCUT2D eigenvalue weighted by Gasteiger charge is 2.16. The van der Waals surface area contributed by atoms with Crippen LogP contribution >= 0.6 is 0 Å². The van der Waals surface area contributed by atoms with Crippen LogP contribution in [0.2, 0.25) is 0 Å². The number of hydrogen-bond donors (Lipinski definition) is 1. The highest BCUT2D eigenvalue weighted by molar-refractivity contribution is 5.76. The van der Waals surface area contributed by atoms with Crippen molar-refractivity contribution >= 4 is 11.0 Å². The van der Waals surface area contributed by atoms with E-state index in [0.717, 1.165) is 41.1 Å². The fraction of sp³-hybridized carbons (Fsp3) is 0.350. The normalized spacial score (nSPS) is 12.5. The average molecular weight is 324 g/mol. The van der Waals surface area contributed by atoms with Gasteiger partial charge in [-0.05, 0) is 43.5 Å². The minimum Gasteiger partial charge on any atom is -0.493 e. The number of para-hydroxylation sites is 3. The Morgan fingerprint density at radius 3 is 2.67 bits per heavy atom. The maximum absolute atomic E-state index is 10.3. The van der Waals surface area contributed by atoms with E-state index < -0.39 is 6.10 Å². The summed E-state index contributed by atoms with van der Waals surface area (Å²) < 4.78 is 7.99. The molecule has 4 nitrogen and oxygen atoms in total. The van der Waals surface area contributed by atoms with Gasteiger partial charge in [-0.2, -0.15) is 0 Å². The van der Waals surface area contributed by atoms with Crippen LogP contribution in [0.3, 0.4) is 0 Å². The van der Waals surface area contributed by atoms with Crippen molar-refractivity contribution in [2.24, 2.45) is 0 Å². The summed E-state index contributed by atoms with van der Waals surface area (Å²) >= 11 is 0. The lowest BCUT2D eigenvalue weighted by Crippen LogP contribution is -2.11. The summed E-state index contributed by atoms with van der Waals surface area (Å²) in [6.07, 6.45) is 0.982. The van der Waals surface area contributed by atoms with Gasteiger partial charge in [0.15, 0.2) is 0 Å². The van der Waals surface area contributed by atoms with E-state index >= 15 is 0 Å². The van der Waals surface area contributed by atoms with Gasteiger partial charge in [0.2, 0.25) is 0 Å². The lowest BCUT2D eigenvalue weighted by Gasteiger charge is -2.13. The molecule has 0 bridgehead atoms. The molecule has 1 aromatic heterocycles. The molecule has 0 fully saturated rings. The van der Waals surface area contributed by atoms with Crippen LogP contribution in [0, 0.1) is 6.92 Å². The van der Waals surface area contributed by atoms with Gasteiger partial charge in [0.05, 0.1) is 17.6 Å². The third-order valence-corrected chi connectivity index (χ3v) is 4.25. The van der Waals surface area contributed by atoms with Gasteiger partial charge in [0.1, 0.15) is 17.7 Å². The van der Waals surface area contributed by atoms with Crippen LogP contribution in [-0.2, 0) is 6.54 Å². The van der Waals surface area contributed by atoms with E-state index in [4.69, 9.17) is 4.74 Å². The molecule has 0 saturated heterocycles. The molecule has 3 rings (SSSR count). The molecule has 0 spiro atoms. The van der Waals surface area contributed by atoms with Gasteiger partial charge in [-0.1, -0.05) is 37.3 Å². The Labute approximate surface area is 142 Å². The maximum atomic E-state index is 10.3. The number of aromatic nitrogens is 2. The molecule has 0 aliphatic carbocycles. The first-order valence-corrected chi connectivity index (χ1v) is 8.52. The molecular weight excluding hydrogens is 300 g/mol. The molecular formula is C20H24N2O2. The Bertz CT molecular complexity index is 810. The minimum atomic E-state index is -0.533. The number of hydrogen-bond acceptors (Lipinski definition) is 3. The number of aliphatic hydroxyl groups excluding tert-OH is 1. The molecule has 0 unspecified atom stereocenters. The van der Waals surface area contributed by atoms with Crippen LogP contribution in [0.1, 0.15) is 37.3 Å². The smallest absolute Gasteiger partial charge is 0.138 e. The van der Waals surface area contributed by atoms with Crippen LogP contribution in [0.5, 0.6) is 5.75 Å². The number of rotatable bonds is 7. The molecule has 2 aromatic carbocycles. The lowest BCUT2D eigenvalue weighted by atomic mass is 10.2. The van der Waals surface area contributed by atoms with Crippen molar-refractivity contribution in [2.45, 2.75) is 39.3 Å². The van der Waals surface area contributed by atoms with Crippen LogP contribution in [0.4, 0.5) is 0 Å². The van der Waals surface area contributed by atoms with Gasteiger partial charge in [-0.15, -0.1) is 0 Å². The topological polar surface area (TPSA) is 47.3 Å². The number of aliphatic hydroxyl groups is 1. The van der Waals surface area contributed by atoms with Gasteiger partial charge in [-0.3, -0.25) is 0 Å². The monoisotopic (exact) mass is 324 g/mol. The summed E-state index contributed by atoms with van der Waals surface area (Å²) in [5.41, 5.74) is 3.14. The van der Waals surface area contributed by atoms with E-state index in [1.807, 2.05) is 43.3 Å². The molecule has 0 radical (unpaired) electrons. The second-order valence-corrected chi connectivity index (χ2v) is 6.00. The third kappa shape index (κ3) is 3.44. The van der Waals surface area contributed by atoms with E-state index in [0.29, 0.717) is 13.0 Å². The average Bonchev–Trinajstić information content (AvgIpc) is 2.98. The predicted molar refractivity (Wildman–Crippen MR) is 96.3 cm³/mol. The quantitative estimate of drug-likeness (QED) is 0.661. The Morgan fingerprint density at radius 2 is 1.88 bits per heavy atom. The van der Waals surface area contributed by atoms with Gasteiger partial charge in [-0.25, -0.2) is 4.98 Å². The molecule has 1 N–H and O–H groups in total. The van der Waals surface area contributed by atoms with Crippen molar-refractivity contribution in [3.8, 4) is 5.75 Å². The molecule has 1 atom stereocenters. The number of aryl methyl sites for hydroxylation is 2. The zero-order valence-corrected chi connectivity index (χ0v) is 14.3. The van der Waals surface area contributed by atoms with E-state index in [-0.39, 0.29) is 0 Å². The zero-order chi connectivity index (χ0) is 16.9. The third-order valence-electron chi connectivity index (χ3n) is 4.25. The van der Waals surface area contributed by atoms with Crippen molar-refractivity contribution in [1.82, 2.24) is 9.55 Å². The van der Waals surface area contributed by atoms with Crippen LogP contribution in [0.15, 0.2) is 48.5 Å². The number of benzene rings is 2. The van der Waals surface area contributed by atoms with Crippen LogP contribution < -0.4 is 4.74 Å². The van der Waals surface area contributed by atoms with Crippen molar-refractivity contribution in [3.63, 3.8) is 0 Å². The molecule has 1 heterocycles. The van der Waals surface area contributed by atoms with E-state index in [1.165, 1.54) is 0 Å². The summed E-state index contributed by atoms with van der Waals surface area (Å²) in [6, 6.07) is 16.1. The molecule has 3 aromatic rings. The van der Waals surface area contributed by atoms with E-state index in [1.54, 1.807) is 0 Å². The first-order valence-electron chi connectivity index (χ1n) is 8.52. The van der Waals surface area contributed by atoms with Gasteiger partial charge >= 0.3 is 0 Å². The SMILES string of the molecule is CC[C@@H](O)c1nc2ccccc2n1CCCOc1ccccc1C. The number of nitrogens with zero attached hydrogens (tertiary/aromatic N) is 2. The summed E-state index contributed by atoms with van der Waals surface area (Å²) in [5, 5.41) is 10.3. The minimum absolute atomic E-state index is 0.533. The van der Waals surface area contributed by atoms with Gasteiger partial charge in [0.25, 0.3) is 0 Å². The molecule has 0 saturated carbocycles. The summed E-state index contributed by atoms with van der Waals surface area (Å²) in [7, 11) is 0. The highest BCUT2D eigenvalue weighted by Crippen LogP contribution is 2.23. The number of fused-ring (bicyclic) bond motifs is 1. The number of imidazole rings is 1. The fourth-order valence-corrected chi connectivity index (χ4v) is 2.89. The molecule has 0 aliphatic rings. The summed E-state index contributed by atoms with van der Waals surface area (Å²) in [4.78, 5) is 4.61. The fourth-order valence-electron chi connectivity index (χ4n) is 2.89. The van der Waals surface area contributed by atoms with Crippen molar-refractivity contribution in [1.29, 1.82) is 0 Å². The Hall–Kier alpha value is -2.33. The van der Waals surface area contributed by atoms with E-state index in [2.05, 4.69) is 28.6 Å². The highest BCUT2D eigenvalue weighted by atomic mass is 16.5. The Morgan fingerprint density at radius 1 is 1.12 bits per heavy atom. The first-order chi connectivity index (χ1) is 11.7. The molecule has 24 heavy (non-hydrogen) atoms. The second kappa shape index (κ2) is 7.49. The predicted octanol–water partition coefficient (Wildman–Crippen LogP) is 4.26. The van der Waals surface area contributed by atoms with Crippen molar-refractivity contribution < 1.29 is 9.84 Å². The van der Waals surface area contributed by atoms with E-state index in [9.17, 15) is 5.11 Å². The largest absolute Gasteiger partial charge is 0.493 e. The zero-order valence-electron chi connectivity index (χ0n) is 14.3. The van der Waals surface area contributed by atoms with Crippen molar-refractivity contribution in [3.05, 3.63) is 59.9 Å². The Balaban J connectivity index is 1.71. The Kier molecular flexibility index (Phi) is 5.16. The van der Waals surface area contributed by atoms with Crippen LogP contribution in [0.25, 0.3) is 11.0 Å². The van der Waals surface area contributed by atoms with Crippen molar-refractivity contribution in [2.75, 3.05) is 6.61 Å². The van der Waals surface area contributed by atoms with Crippen LogP contribution in [-0.4, -0.2) is 21.3 Å². The maximum Gasteiger partial charge on any atom is 0.138 e. The summed E-state index contributed by atoms with van der Waals surface area (Å²) in [5.74, 6) is 1.68. The first kappa shape index (κ1) is 16.5. The van der Waals surface area contributed by atoms with Gasteiger partial charge < -0.3 is 14.4 Å².